The van der Waals surface area contributed by atoms with Crippen molar-refractivity contribution in [2.45, 2.75) is 19.8 Å². The van der Waals surface area contributed by atoms with Crippen LogP contribution in [0.25, 0.3) is 0 Å². The number of unbranched alkanes of at least 4 members (excludes halogenated alkanes) is 1. The zero-order valence-electron chi connectivity index (χ0n) is 9.18. The summed E-state index contributed by atoms with van der Waals surface area (Å²) in [6.07, 6.45) is 3.08. The highest BCUT2D eigenvalue weighted by Crippen LogP contribution is 2.25. The van der Waals surface area contributed by atoms with E-state index in [1.165, 1.54) is 0 Å². The van der Waals surface area contributed by atoms with Gasteiger partial charge in [-0.1, -0.05) is 13.3 Å². The molecule has 1 heterocycles. The van der Waals surface area contributed by atoms with Gasteiger partial charge in [-0.3, -0.25) is 10.1 Å². The van der Waals surface area contributed by atoms with Crippen molar-refractivity contribution in [2.75, 3.05) is 18.5 Å². The lowest BCUT2D eigenvalue weighted by Gasteiger charge is -2.17. The smallest absolute Gasteiger partial charge is 0.329 e. The first kappa shape index (κ1) is 12.6. The summed E-state index contributed by atoms with van der Waals surface area (Å²) in [7, 11) is 1.75. The molecule has 0 aliphatic rings. The molecule has 6 nitrogen and oxygen atoms in total. The first-order valence-electron chi connectivity index (χ1n) is 4.94. The summed E-state index contributed by atoms with van der Waals surface area (Å²) in [4.78, 5) is 19.5. The summed E-state index contributed by atoms with van der Waals surface area (Å²) in [5.41, 5.74) is -0.122. The Balaban J connectivity index is 2.99. The molecule has 0 unspecified atom stereocenters. The number of aromatic nitrogens is 2. The van der Waals surface area contributed by atoms with Crippen LogP contribution >= 0.6 is 11.6 Å². The van der Waals surface area contributed by atoms with E-state index < -0.39 is 4.92 Å². The standard InChI is InChI=1S/C9H13ClN4O2/c1-3-4-5-13(2)8-7(14(15)16)6-11-9(10)12-8/h6H,3-5H2,1-2H3. The van der Waals surface area contributed by atoms with Gasteiger partial charge in [0.05, 0.1) is 4.92 Å². The lowest BCUT2D eigenvalue weighted by atomic mass is 10.3. The quantitative estimate of drug-likeness (QED) is 0.451. The number of halogens is 1. The normalized spacial score (nSPS) is 10.2. The summed E-state index contributed by atoms with van der Waals surface area (Å²) in [5, 5.41) is 10.8. The van der Waals surface area contributed by atoms with Crippen molar-refractivity contribution in [2.24, 2.45) is 0 Å². The van der Waals surface area contributed by atoms with Crippen LogP contribution in [0.2, 0.25) is 5.28 Å². The van der Waals surface area contributed by atoms with Gasteiger partial charge in [-0.15, -0.1) is 0 Å². The van der Waals surface area contributed by atoms with Crippen LogP contribution < -0.4 is 4.90 Å². The second kappa shape index (κ2) is 5.60. The number of hydrogen-bond acceptors (Lipinski definition) is 5. The third-order valence-corrected chi connectivity index (χ3v) is 2.31. The first-order chi connectivity index (χ1) is 7.56. The molecule has 0 radical (unpaired) electrons. The maximum Gasteiger partial charge on any atom is 0.329 e. The Hall–Kier alpha value is -1.43. The monoisotopic (exact) mass is 244 g/mol. The van der Waals surface area contributed by atoms with Gasteiger partial charge in [0.25, 0.3) is 0 Å². The highest BCUT2D eigenvalue weighted by molar-refractivity contribution is 6.28. The molecule has 0 saturated carbocycles. The van der Waals surface area contributed by atoms with Crippen molar-refractivity contribution in [3.05, 3.63) is 21.6 Å². The van der Waals surface area contributed by atoms with E-state index in [9.17, 15) is 10.1 Å². The van der Waals surface area contributed by atoms with E-state index in [-0.39, 0.29) is 16.8 Å². The van der Waals surface area contributed by atoms with Crippen LogP contribution in [0.5, 0.6) is 0 Å². The minimum atomic E-state index is -0.506. The van der Waals surface area contributed by atoms with E-state index in [0.717, 1.165) is 19.0 Å². The van der Waals surface area contributed by atoms with E-state index in [1.807, 2.05) is 0 Å². The fourth-order valence-corrected chi connectivity index (χ4v) is 1.39. The molecule has 0 fully saturated rings. The van der Waals surface area contributed by atoms with Crippen molar-refractivity contribution in [1.29, 1.82) is 0 Å². The summed E-state index contributed by atoms with van der Waals surface area (Å²) in [5.74, 6) is 0.262. The Bertz CT molecular complexity index is 386. The van der Waals surface area contributed by atoms with Gasteiger partial charge in [-0.05, 0) is 18.0 Å². The van der Waals surface area contributed by atoms with Crippen molar-refractivity contribution in [1.82, 2.24) is 9.97 Å². The van der Waals surface area contributed by atoms with Crippen LogP contribution in [-0.4, -0.2) is 28.5 Å². The van der Waals surface area contributed by atoms with Crippen molar-refractivity contribution in [3.63, 3.8) is 0 Å². The SMILES string of the molecule is CCCCN(C)c1nc(Cl)ncc1[N+](=O)[O-]. The molecule has 0 bridgehead atoms. The third kappa shape index (κ3) is 3.03. The van der Waals surface area contributed by atoms with Gasteiger partial charge in [0, 0.05) is 13.6 Å². The van der Waals surface area contributed by atoms with Gasteiger partial charge in [0.2, 0.25) is 11.1 Å². The molecule has 0 N–H and O–H groups in total. The maximum atomic E-state index is 10.8. The predicted octanol–water partition coefficient (Wildman–Crippen LogP) is 2.27. The molecule has 1 aromatic heterocycles. The molecule has 0 atom stereocenters. The van der Waals surface area contributed by atoms with Gasteiger partial charge in [0.1, 0.15) is 6.20 Å². The van der Waals surface area contributed by atoms with Gasteiger partial charge >= 0.3 is 5.69 Å². The Kier molecular flexibility index (Phi) is 4.42. The van der Waals surface area contributed by atoms with Crippen LogP contribution in [0.4, 0.5) is 11.5 Å². The van der Waals surface area contributed by atoms with E-state index >= 15 is 0 Å². The molecule has 0 spiro atoms. The van der Waals surface area contributed by atoms with Crippen molar-refractivity contribution >= 4 is 23.1 Å². The summed E-state index contributed by atoms with van der Waals surface area (Å²) in [6, 6.07) is 0. The average Bonchev–Trinajstić information content (AvgIpc) is 2.25. The fourth-order valence-electron chi connectivity index (χ4n) is 1.26. The minimum absolute atomic E-state index is 0.0175. The Morgan fingerprint density at radius 1 is 1.62 bits per heavy atom. The molecule has 1 rings (SSSR count). The molecule has 7 heteroatoms. The molecule has 0 amide bonds. The van der Waals surface area contributed by atoms with Gasteiger partial charge in [0.15, 0.2) is 0 Å². The number of nitro groups is 1. The van der Waals surface area contributed by atoms with E-state index in [2.05, 4.69) is 16.9 Å². The maximum absolute atomic E-state index is 10.8. The first-order valence-corrected chi connectivity index (χ1v) is 5.32. The van der Waals surface area contributed by atoms with Crippen LogP contribution in [-0.2, 0) is 0 Å². The third-order valence-electron chi connectivity index (χ3n) is 2.13. The number of nitrogens with zero attached hydrogens (tertiary/aromatic N) is 4. The molecule has 88 valence electrons. The second-order valence-electron chi connectivity index (χ2n) is 3.38. The molecule has 16 heavy (non-hydrogen) atoms. The van der Waals surface area contributed by atoms with Gasteiger partial charge in [-0.25, -0.2) is 4.98 Å². The van der Waals surface area contributed by atoms with Crippen molar-refractivity contribution < 1.29 is 4.92 Å². The van der Waals surface area contributed by atoms with E-state index in [4.69, 9.17) is 11.6 Å². The lowest BCUT2D eigenvalue weighted by molar-refractivity contribution is -0.384. The highest BCUT2D eigenvalue weighted by atomic mass is 35.5. The zero-order valence-corrected chi connectivity index (χ0v) is 9.94. The molecule has 0 saturated heterocycles. The summed E-state index contributed by atoms with van der Waals surface area (Å²) in [6.45, 7) is 2.75. The Morgan fingerprint density at radius 2 is 2.31 bits per heavy atom. The summed E-state index contributed by atoms with van der Waals surface area (Å²) < 4.78 is 0. The van der Waals surface area contributed by atoms with Crippen molar-refractivity contribution in [3.8, 4) is 0 Å². The lowest BCUT2D eigenvalue weighted by Crippen LogP contribution is -2.21. The summed E-state index contributed by atoms with van der Waals surface area (Å²) >= 11 is 5.63. The van der Waals surface area contributed by atoms with Crippen LogP contribution in [0.1, 0.15) is 19.8 Å². The topological polar surface area (TPSA) is 72.2 Å². The molecule has 0 aliphatic heterocycles. The molecule has 0 aliphatic carbocycles. The number of hydrogen-bond donors (Lipinski definition) is 0. The van der Waals surface area contributed by atoms with Gasteiger partial charge in [-0.2, -0.15) is 4.98 Å². The van der Waals surface area contributed by atoms with Crippen LogP contribution in [0.3, 0.4) is 0 Å². The van der Waals surface area contributed by atoms with Crippen LogP contribution in [0, 0.1) is 10.1 Å². The minimum Gasteiger partial charge on any atom is -0.354 e. The zero-order chi connectivity index (χ0) is 12.1. The average molecular weight is 245 g/mol. The highest BCUT2D eigenvalue weighted by Gasteiger charge is 2.19. The molecule has 0 aromatic carbocycles. The Morgan fingerprint density at radius 3 is 2.88 bits per heavy atom. The fraction of sp³-hybridized carbons (Fsp3) is 0.556. The second-order valence-corrected chi connectivity index (χ2v) is 3.72. The largest absolute Gasteiger partial charge is 0.354 e. The number of rotatable bonds is 5. The predicted molar refractivity (Wildman–Crippen MR) is 61.9 cm³/mol. The van der Waals surface area contributed by atoms with E-state index in [0.29, 0.717) is 6.54 Å². The van der Waals surface area contributed by atoms with Crippen LogP contribution in [0.15, 0.2) is 6.20 Å². The Labute approximate surface area is 98.4 Å². The molecular weight excluding hydrogens is 232 g/mol. The number of anilines is 1. The molecule has 1 aromatic rings. The van der Waals surface area contributed by atoms with E-state index in [1.54, 1.807) is 11.9 Å². The molecular formula is C9H13ClN4O2. The van der Waals surface area contributed by atoms with Gasteiger partial charge < -0.3 is 4.90 Å².